The van der Waals surface area contributed by atoms with Crippen LogP contribution in [0.25, 0.3) is 0 Å². The summed E-state index contributed by atoms with van der Waals surface area (Å²) < 4.78 is 10.0. The second kappa shape index (κ2) is 7.18. The third-order valence-electron chi connectivity index (χ3n) is 3.18. The highest BCUT2D eigenvalue weighted by Crippen LogP contribution is 2.27. The molecule has 0 fully saturated rings. The van der Waals surface area contributed by atoms with Crippen LogP contribution in [-0.4, -0.2) is 28.1 Å². The fourth-order valence-electron chi connectivity index (χ4n) is 2.01. The molecule has 25 heavy (non-hydrogen) atoms. The topological polar surface area (TPSA) is 102 Å². The minimum absolute atomic E-state index is 0.161. The maximum absolute atomic E-state index is 12.2. The molecule has 0 unspecified atom stereocenters. The number of halogens is 1. The Bertz CT molecular complexity index is 895. The van der Waals surface area contributed by atoms with Gasteiger partial charge in [0.25, 0.3) is 5.91 Å². The smallest absolute Gasteiger partial charge is 0.275 e. The molecule has 9 heteroatoms. The van der Waals surface area contributed by atoms with E-state index in [9.17, 15) is 4.79 Å². The van der Waals surface area contributed by atoms with Gasteiger partial charge in [-0.1, -0.05) is 16.8 Å². The molecule has 0 atom stereocenters. The number of aryl methyl sites for hydroxylation is 1. The molecule has 3 rings (SSSR count). The van der Waals surface area contributed by atoms with Crippen LogP contribution in [0.2, 0.25) is 5.02 Å². The average molecular weight is 360 g/mol. The summed E-state index contributed by atoms with van der Waals surface area (Å²) in [5.74, 6) is 1.74. The number of benzene rings is 1. The maximum Gasteiger partial charge on any atom is 0.275 e. The summed E-state index contributed by atoms with van der Waals surface area (Å²) in [6.45, 7) is 1.78. The van der Waals surface area contributed by atoms with Crippen LogP contribution in [0, 0.1) is 6.92 Å². The van der Waals surface area contributed by atoms with Gasteiger partial charge in [0.15, 0.2) is 5.82 Å². The van der Waals surface area contributed by atoms with Gasteiger partial charge in [0.05, 0.1) is 24.5 Å². The van der Waals surface area contributed by atoms with Crippen LogP contribution in [0.4, 0.5) is 17.3 Å². The molecule has 0 saturated carbocycles. The van der Waals surface area contributed by atoms with E-state index in [0.29, 0.717) is 33.9 Å². The quantitative estimate of drug-likeness (QED) is 0.719. The summed E-state index contributed by atoms with van der Waals surface area (Å²) in [6, 6.07) is 6.65. The van der Waals surface area contributed by atoms with Crippen molar-refractivity contribution in [3.05, 3.63) is 53.1 Å². The molecule has 0 spiro atoms. The highest BCUT2D eigenvalue weighted by Gasteiger charge is 2.11. The molecule has 8 nitrogen and oxygen atoms in total. The lowest BCUT2D eigenvalue weighted by Gasteiger charge is -2.08. The van der Waals surface area contributed by atoms with Crippen LogP contribution in [-0.2, 0) is 0 Å². The monoisotopic (exact) mass is 359 g/mol. The van der Waals surface area contributed by atoms with Crippen LogP contribution in [0.5, 0.6) is 5.75 Å². The Morgan fingerprint density at radius 3 is 2.64 bits per heavy atom. The number of ether oxygens (including phenoxy) is 1. The molecular formula is C16H14ClN5O3. The Morgan fingerprint density at radius 1 is 1.20 bits per heavy atom. The molecule has 0 radical (unpaired) electrons. The van der Waals surface area contributed by atoms with Gasteiger partial charge in [0, 0.05) is 11.8 Å². The van der Waals surface area contributed by atoms with E-state index in [0.717, 1.165) is 0 Å². The number of anilines is 3. The van der Waals surface area contributed by atoms with Crippen LogP contribution in [0.1, 0.15) is 16.2 Å². The van der Waals surface area contributed by atoms with Crippen molar-refractivity contribution in [2.24, 2.45) is 0 Å². The lowest BCUT2D eigenvalue weighted by molar-refractivity contribution is 0.102. The molecule has 0 aliphatic rings. The third-order valence-corrected chi connectivity index (χ3v) is 3.47. The number of aromatic nitrogens is 3. The SMILES string of the molecule is COc1ccc(NC(=O)c2cnc(Nc3cc(C)on3)cn2)cc1Cl. The van der Waals surface area contributed by atoms with Gasteiger partial charge in [0.2, 0.25) is 0 Å². The molecule has 0 saturated heterocycles. The first-order valence-electron chi connectivity index (χ1n) is 7.22. The molecular weight excluding hydrogens is 346 g/mol. The minimum Gasteiger partial charge on any atom is -0.495 e. The van der Waals surface area contributed by atoms with Gasteiger partial charge in [-0.25, -0.2) is 9.97 Å². The first-order chi connectivity index (χ1) is 12.0. The van der Waals surface area contributed by atoms with E-state index >= 15 is 0 Å². The van der Waals surface area contributed by atoms with Crippen molar-refractivity contribution in [2.45, 2.75) is 6.92 Å². The average Bonchev–Trinajstić information content (AvgIpc) is 3.00. The van der Waals surface area contributed by atoms with E-state index in [1.165, 1.54) is 19.5 Å². The Kier molecular flexibility index (Phi) is 4.80. The van der Waals surface area contributed by atoms with Gasteiger partial charge in [-0.15, -0.1) is 0 Å². The minimum atomic E-state index is -0.405. The molecule has 0 aliphatic heterocycles. The van der Waals surface area contributed by atoms with E-state index in [4.69, 9.17) is 20.9 Å². The molecule has 0 bridgehead atoms. The predicted molar refractivity (Wildman–Crippen MR) is 92.5 cm³/mol. The molecule has 128 valence electrons. The number of carbonyl (C=O) groups excluding carboxylic acids is 1. The number of hydrogen-bond donors (Lipinski definition) is 2. The summed E-state index contributed by atoms with van der Waals surface area (Å²) in [7, 11) is 1.52. The Morgan fingerprint density at radius 2 is 2.04 bits per heavy atom. The van der Waals surface area contributed by atoms with Gasteiger partial charge in [-0.3, -0.25) is 4.79 Å². The zero-order valence-electron chi connectivity index (χ0n) is 13.4. The highest BCUT2D eigenvalue weighted by molar-refractivity contribution is 6.32. The zero-order chi connectivity index (χ0) is 17.8. The van der Waals surface area contributed by atoms with E-state index in [-0.39, 0.29) is 5.69 Å². The van der Waals surface area contributed by atoms with Crippen molar-refractivity contribution in [2.75, 3.05) is 17.7 Å². The summed E-state index contributed by atoms with van der Waals surface area (Å²) in [6.07, 6.45) is 2.79. The van der Waals surface area contributed by atoms with Crippen LogP contribution in [0.3, 0.4) is 0 Å². The van der Waals surface area contributed by atoms with E-state index < -0.39 is 5.91 Å². The second-order valence-corrected chi connectivity index (χ2v) is 5.45. The summed E-state index contributed by atoms with van der Waals surface area (Å²) >= 11 is 6.03. The molecule has 2 heterocycles. The van der Waals surface area contributed by atoms with Crippen LogP contribution >= 0.6 is 11.6 Å². The van der Waals surface area contributed by atoms with Crippen molar-refractivity contribution in [1.29, 1.82) is 0 Å². The first-order valence-corrected chi connectivity index (χ1v) is 7.60. The number of amides is 1. The number of nitrogens with one attached hydrogen (secondary N) is 2. The largest absolute Gasteiger partial charge is 0.495 e. The van der Waals surface area contributed by atoms with Gasteiger partial charge >= 0.3 is 0 Å². The molecule has 2 N–H and O–H groups in total. The Labute approximate surface area is 148 Å². The number of methoxy groups -OCH3 is 1. The van der Waals surface area contributed by atoms with Gasteiger partial charge in [-0.2, -0.15) is 0 Å². The van der Waals surface area contributed by atoms with E-state index in [2.05, 4.69) is 25.8 Å². The number of hydrogen-bond acceptors (Lipinski definition) is 7. The lowest BCUT2D eigenvalue weighted by atomic mass is 10.3. The molecule has 1 amide bonds. The molecule has 3 aromatic rings. The summed E-state index contributed by atoms with van der Waals surface area (Å²) in [5, 5.41) is 9.80. The normalized spacial score (nSPS) is 10.4. The van der Waals surface area contributed by atoms with E-state index in [1.807, 2.05) is 0 Å². The maximum atomic E-state index is 12.2. The molecule has 2 aromatic heterocycles. The second-order valence-electron chi connectivity index (χ2n) is 5.04. The standard InChI is InChI=1S/C16H14ClN5O3/c1-9-5-14(22-25-9)21-15-8-18-12(7-19-15)16(23)20-10-3-4-13(24-2)11(17)6-10/h3-8H,1-2H3,(H,20,23)(H,19,21,22). The predicted octanol–water partition coefficient (Wildman–Crippen LogP) is 3.43. The number of carbonyl (C=O) groups is 1. The fraction of sp³-hybridized carbons (Fsp3) is 0.125. The Hall–Kier alpha value is -3.13. The molecule has 1 aromatic carbocycles. The van der Waals surface area contributed by atoms with Crippen molar-refractivity contribution < 1.29 is 14.1 Å². The van der Waals surface area contributed by atoms with Crippen molar-refractivity contribution in [1.82, 2.24) is 15.1 Å². The fourth-order valence-corrected chi connectivity index (χ4v) is 2.26. The van der Waals surface area contributed by atoms with Gasteiger partial charge in [-0.05, 0) is 25.1 Å². The van der Waals surface area contributed by atoms with Crippen molar-refractivity contribution in [3.63, 3.8) is 0 Å². The highest BCUT2D eigenvalue weighted by atomic mass is 35.5. The lowest BCUT2D eigenvalue weighted by Crippen LogP contribution is -2.14. The van der Waals surface area contributed by atoms with Crippen molar-refractivity contribution in [3.8, 4) is 5.75 Å². The zero-order valence-corrected chi connectivity index (χ0v) is 14.2. The van der Waals surface area contributed by atoms with Crippen LogP contribution < -0.4 is 15.4 Å². The Balaban J connectivity index is 1.67. The van der Waals surface area contributed by atoms with Crippen molar-refractivity contribution >= 4 is 34.8 Å². The number of rotatable bonds is 5. The van der Waals surface area contributed by atoms with Gasteiger partial charge < -0.3 is 19.9 Å². The number of nitrogens with zero attached hydrogens (tertiary/aromatic N) is 3. The molecule has 0 aliphatic carbocycles. The van der Waals surface area contributed by atoms with Gasteiger partial charge in [0.1, 0.15) is 23.0 Å². The van der Waals surface area contributed by atoms with E-state index in [1.54, 1.807) is 31.2 Å². The summed E-state index contributed by atoms with van der Waals surface area (Å²) in [4.78, 5) is 20.4. The third kappa shape index (κ3) is 4.04. The summed E-state index contributed by atoms with van der Waals surface area (Å²) in [5.41, 5.74) is 0.687. The first kappa shape index (κ1) is 16.7. The van der Waals surface area contributed by atoms with Crippen LogP contribution in [0.15, 0.2) is 41.2 Å².